The van der Waals surface area contributed by atoms with Crippen LogP contribution in [0.4, 0.5) is 0 Å². The Kier molecular flexibility index (Phi) is 2.75. The molecular formula is C12H16N4. The Morgan fingerprint density at radius 3 is 2.62 bits per heavy atom. The molecule has 2 aromatic rings. The Morgan fingerprint density at radius 2 is 2.06 bits per heavy atom. The molecule has 0 spiro atoms. The molecule has 0 aliphatic heterocycles. The van der Waals surface area contributed by atoms with Crippen LogP contribution in [0.1, 0.15) is 28.4 Å². The molecular weight excluding hydrogens is 200 g/mol. The molecule has 4 heteroatoms. The van der Waals surface area contributed by atoms with Crippen molar-refractivity contribution < 1.29 is 0 Å². The van der Waals surface area contributed by atoms with E-state index in [2.05, 4.69) is 16.1 Å². The van der Waals surface area contributed by atoms with Gasteiger partial charge in [-0.1, -0.05) is 6.07 Å². The lowest BCUT2D eigenvalue weighted by molar-refractivity contribution is 0.756. The van der Waals surface area contributed by atoms with Crippen LogP contribution < -0.4 is 5.73 Å². The number of aryl methyl sites for hydroxylation is 3. The lowest BCUT2D eigenvalue weighted by Crippen LogP contribution is -2.12. The average Bonchev–Trinajstić information content (AvgIpc) is 2.57. The van der Waals surface area contributed by atoms with Gasteiger partial charge in [0.1, 0.15) is 0 Å². The van der Waals surface area contributed by atoms with Crippen molar-refractivity contribution in [3.05, 3.63) is 47.0 Å². The van der Waals surface area contributed by atoms with Gasteiger partial charge < -0.3 is 5.73 Å². The topological polar surface area (TPSA) is 56.7 Å². The minimum atomic E-state index is -0.152. The Balaban J connectivity index is 2.38. The molecule has 0 aromatic carbocycles. The summed E-state index contributed by atoms with van der Waals surface area (Å²) in [5.41, 5.74) is 10.4. The maximum atomic E-state index is 6.21. The summed E-state index contributed by atoms with van der Waals surface area (Å²) < 4.78 is 1.79. The first-order chi connectivity index (χ1) is 7.58. The van der Waals surface area contributed by atoms with Gasteiger partial charge in [0.15, 0.2) is 0 Å². The van der Waals surface area contributed by atoms with Crippen molar-refractivity contribution in [2.24, 2.45) is 12.8 Å². The lowest BCUT2D eigenvalue weighted by Gasteiger charge is -2.11. The number of hydrogen-bond acceptors (Lipinski definition) is 3. The number of hydrogen-bond donors (Lipinski definition) is 1. The maximum Gasteiger partial charge on any atom is 0.0644 e. The number of aromatic nitrogens is 3. The molecule has 0 fully saturated rings. The fourth-order valence-corrected chi connectivity index (χ4v) is 1.85. The second-order valence-electron chi connectivity index (χ2n) is 4.12. The van der Waals surface area contributed by atoms with E-state index >= 15 is 0 Å². The minimum Gasteiger partial charge on any atom is -0.320 e. The van der Waals surface area contributed by atoms with Gasteiger partial charge >= 0.3 is 0 Å². The van der Waals surface area contributed by atoms with Gasteiger partial charge in [-0.15, -0.1) is 0 Å². The van der Waals surface area contributed by atoms with E-state index in [1.165, 1.54) is 0 Å². The van der Waals surface area contributed by atoms with Crippen molar-refractivity contribution in [3.8, 4) is 0 Å². The molecule has 4 nitrogen and oxygen atoms in total. The first-order valence-corrected chi connectivity index (χ1v) is 5.25. The van der Waals surface area contributed by atoms with Gasteiger partial charge in [0.05, 0.1) is 11.7 Å². The zero-order valence-corrected chi connectivity index (χ0v) is 9.81. The van der Waals surface area contributed by atoms with Crippen LogP contribution in [0.25, 0.3) is 0 Å². The van der Waals surface area contributed by atoms with E-state index in [9.17, 15) is 0 Å². The highest BCUT2D eigenvalue weighted by Crippen LogP contribution is 2.21. The summed E-state index contributed by atoms with van der Waals surface area (Å²) in [4.78, 5) is 4.16. The molecule has 84 valence electrons. The van der Waals surface area contributed by atoms with E-state index in [0.29, 0.717) is 0 Å². The fraction of sp³-hybridized carbons (Fsp3) is 0.333. The van der Waals surface area contributed by atoms with Crippen LogP contribution in [0, 0.1) is 13.8 Å². The molecule has 0 aliphatic carbocycles. The second-order valence-corrected chi connectivity index (χ2v) is 4.12. The molecule has 0 saturated heterocycles. The number of nitrogens with two attached hydrogens (primary N) is 1. The van der Waals surface area contributed by atoms with Crippen molar-refractivity contribution >= 4 is 0 Å². The predicted molar refractivity (Wildman–Crippen MR) is 62.9 cm³/mol. The molecule has 2 N–H and O–H groups in total. The zero-order chi connectivity index (χ0) is 11.7. The summed E-state index contributed by atoms with van der Waals surface area (Å²) in [7, 11) is 1.90. The quantitative estimate of drug-likeness (QED) is 0.827. The highest BCUT2D eigenvalue weighted by atomic mass is 15.2. The normalized spacial score (nSPS) is 12.8. The third-order valence-electron chi connectivity index (χ3n) is 2.64. The minimum absolute atomic E-state index is 0.152. The summed E-state index contributed by atoms with van der Waals surface area (Å²) in [6.45, 7) is 3.98. The SMILES string of the molecule is Cc1cncc(C(N)c2cn(C)nc2C)c1. The van der Waals surface area contributed by atoms with Crippen LogP contribution in [0.2, 0.25) is 0 Å². The molecule has 1 unspecified atom stereocenters. The van der Waals surface area contributed by atoms with Crippen LogP contribution in [0.15, 0.2) is 24.7 Å². The summed E-state index contributed by atoms with van der Waals surface area (Å²) >= 11 is 0. The van der Waals surface area contributed by atoms with Gasteiger partial charge in [0.25, 0.3) is 0 Å². The van der Waals surface area contributed by atoms with Crippen molar-refractivity contribution in [1.82, 2.24) is 14.8 Å². The molecule has 0 bridgehead atoms. The summed E-state index contributed by atoms with van der Waals surface area (Å²) in [6.07, 6.45) is 5.60. The molecule has 1 atom stereocenters. The van der Waals surface area contributed by atoms with Gasteiger partial charge in [-0.2, -0.15) is 5.10 Å². The Labute approximate surface area is 95.1 Å². The monoisotopic (exact) mass is 216 g/mol. The van der Waals surface area contributed by atoms with Crippen LogP contribution in [-0.4, -0.2) is 14.8 Å². The molecule has 0 amide bonds. The largest absolute Gasteiger partial charge is 0.320 e. The van der Waals surface area contributed by atoms with Crippen LogP contribution in [0.3, 0.4) is 0 Å². The number of pyridine rings is 1. The van der Waals surface area contributed by atoms with E-state index in [1.807, 2.05) is 39.5 Å². The standard InChI is InChI=1S/C12H16N4/c1-8-4-10(6-14-5-8)12(13)11-7-16(3)15-9(11)2/h4-7,12H,13H2,1-3H3. The van der Waals surface area contributed by atoms with E-state index in [1.54, 1.807) is 4.68 Å². The predicted octanol–water partition coefficient (Wildman–Crippen LogP) is 1.48. The highest BCUT2D eigenvalue weighted by molar-refractivity contribution is 5.32. The third kappa shape index (κ3) is 1.97. The zero-order valence-electron chi connectivity index (χ0n) is 9.81. The number of rotatable bonds is 2. The smallest absolute Gasteiger partial charge is 0.0644 e. The van der Waals surface area contributed by atoms with E-state index in [4.69, 9.17) is 5.73 Å². The van der Waals surface area contributed by atoms with E-state index < -0.39 is 0 Å². The second kappa shape index (κ2) is 4.06. The van der Waals surface area contributed by atoms with E-state index in [-0.39, 0.29) is 6.04 Å². The van der Waals surface area contributed by atoms with E-state index in [0.717, 1.165) is 22.4 Å². The molecule has 0 saturated carbocycles. The fourth-order valence-electron chi connectivity index (χ4n) is 1.85. The highest BCUT2D eigenvalue weighted by Gasteiger charge is 2.14. The first-order valence-electron chi connectivity index (χ1n) is 5.25. The summed E-state index contributed by atoms with van der Waals surface area (Å²) in [5, 5.41) is 4.30. The third-order valence-corrected chi connectivity index (χ3v) is 2.64. The lowest BCUT2D eigenvalue weighted by atomic mass is 10.0. The molecule has 0 aliphatic rings. The molecule has 0 radical (unpaired) electrons. The molecule has 2 heterocycles. The molecule has 2 aromatic heterocycles. The van der Waals surface area contributed by atoms with Crippen molar-refractivity contribution in [2.45, 2.75) is 19.9 Å². The van der Waals surface area contributed by atoms with Gasteiger partial charge in [0, 0.05) is 31.2 Å². The van der Waals surface area contributed by atoms with Gasteiger partial charge in [-0.05, 0) is 25.0 Å². The van der Waals surface area contributed by atoms with Crippen LogP contribution in [0.5, 0.6) is 0 Å². The Morgan fingerprint density at radius 1 is 1.31 bits per heavy atom. The van der Waals surface area contributed by atoms with Gasteiger partial charge in [-0.25, -0.2) is 0 Å². The average molecular weight is 216 g/mol. The van der Waals surface area contributed by atoms with Crippen molar-refractivity contribution in [2.75, 3.05) is 0 Å². The summed E-state index contributed by atoms with van der Waals surface area (Å²) in [5.74, 6) is 0. The van der Waals surface area contributed by atoms with Crippen LogP contribution >= 0.6 is 0 Å². The summed E-state index contributed by atoms with van der Waals surface area (Å²) in [6, 6.07) is 1.91. The van der Waals surface area contributed by atoms with Crippen molar-refractivity contribution in [1.29, 1.82) is 0 Å². The Bertz CT molecular complexity index is 501. The van der Waals surface area contributed by atoms with Crippen LogP contribution in [-0.2, 0) is 7.05 Å². The van der Waals surface area contributed by atoms with Gasteiger partial charge in [0.2, 0.25) is 0 Å². The first kappa shape index (κ1) is 10.8. The number of nitrogens with zero attached hydrogens (tertiary/aromatic N) is 3. The maximum absolute atomic E-state index is 6.21. The molecule has 2 rings (SSSR count). The molecule has 16 heavy (non-hydrogen) atoms. The van der Waals surface area contributed by atoms with Crippen molar-refractivity contribution in [3.63, 3.8) is 0 Å². The van der Waals surface area contributed by atoms with Gasteiger partial charge in [-0.3, -0.25) is 9.67 Å². The Hall–Kier alpha value is -1.68.